The van der Waals surface area contributed by atoms with Gasteiger partial charge in [-0.3, -0.25) is 4.79 Å². The van der Waals surface area contributed by atoms with Gasteiger partial charge in [-0.15, -0.1) is 0 Å². The van der Waals surface area contributed by atoms with Gasteiger partial charge in [0.2, 0.25) is 5.60 Å². The summed E-state index contributed by atoms with van der Waals surface area (Å²) in [5.41, 5.74) is -1.68. The monoisotopic (exact) mass is 398 g/mol. The lowest BCUT2D eigenvalue weighted by Crippen LogP contribution is -2.41. The molecule has 0 aromatic carbocycles. The Balaban J connectivity index is 1.70. The molecular weight excluding hydrogens is 368 g/mol. The van der Waals surface area contributed by atoms with Crippen LogP contribution in [0.5, 0.6) is 0 Å². The van der Waals surface area contributed by atoms with Gasteiger partial charge in [-0.2, -0.15) is 0 Å². The summed E-state index contributed by atoms with van der Waals surface area (Å²) >= 11 is 0. The van der Waals surface area contributed by atoms with Crippen molar-refractivity contribution in [2.75, 3.05) is 13.1 Å². The van der Waals surface area contributed by atoms with Crippen molar-refractivity contribution in [3.8, 4) is 0 Å². The Morgan fingerprint density at radius 1 is 1.25 bits per heavy atom. The highest BCUT2D eigenvalue weighted by Gasteiger charge is 2.48. The van der Waals surface area contributed by atoms with Crippen LogP contribution < -0.4 is 0 Å². The number of piperidine rings is 1. The van der Waals surface area contributed by atoms with Crippen LogP contribution in [0.25, 0.3) is 0 Å². The predicted octanol–water partition coefficient (Wildman–Crippen LogP) is 2.88. The van der Waals surface area contributed by atoms with E-state index in [4.69, 9.17) is 14.7 Å². The van der Waals surface area contributed by atoms with Gasteiger partial charge in [0, 0.05) is 19.5 Å². The van der Waals surface area contributed by atoms with Crippen LogP contribution in [0.3, 0.4) is 0 Å². The lowest BCUT2D eigenvalue weighted by atomic mass is 9.89. The zero-order valence-electron chi connectivity index (χ0n) is 16.8. The molecule has 0 aliphatic carbocycles. The maximum Gasteiger partial charge on any atom is 0.410 e. The van der Waals surface area contributed by atoms with E-state index in [1.54, 1.807) is 4.90 Å². The normalized spacial score (nSPS) is 23.1. The summed E-state index contributed by atoms with van der Waals surface area (Å²) in [5.74, 6) is -2.04. The van der Waals surface area contributed by atoms with Gasteiger partial charge in [0.25, 0.3) is 0 Å². The number of carbonyl (C=O) groups excluding carboxylic acids is 1. The molecule has 0 saturated carbocycles. The van der Waals surface area contributed by atoms with E-state index < -0.39 is 29.6 Å². The average molecular weight is 398 g/mol. The van der Waals surface area contributed by atoms with Gasteiger partial charge in [0.15, 0.2) is 0 Å². The third-order valence-electron chi connectivity index (χ3n) is 5.01. The van der Waals surface area contributed by atoms with Gasteiger partial charge < -0.3 is 24.7 Å². The molecule has 1 atom stereocenters. The van der Waals surface area contributed by atoms with Gasteiger partial charge in [0.05, 0.1) is 12.1 Å². The number of carboxylic acids is 2. The van der Waals surface area contributed by atoms with Crippen molar-refractivity contribution < 1.29 is 34.2 Å². The Labute approximate surface area is 164 Å². The van der Waals surface area contributed by atoms with E-state index >= 15 is 0 Å². The van der Waals surface area contributed by atoms with Crippen LogP contribution in [0.4, 0.5) is 4.79 Å². The quantitative estimate of drug-likeness (QED) is 0.675. The minimum absolute atomic E-state index is 0.00568. The minimum Gasteiger partial charge on any atom is -0.481 e. The summed E-state index contributed by atoms with van der Waals surface area (Å²) in [6, 6.07) is 0. The van der Waals surface area contributed by atoms with Crippen LogP contribution >= 0.6 is 0 Å². The molecule has 2 N–H and O–H groups in total. The Hall–Kier alpha value is -2.32. The van der Waals surface area contributed by atoms with Crippen molar-refractivity contribution in [3.63, 3.8) is 0 Å². The first-order chi connectivity index (χ1) is 13.0. The molecule has 1 saturated heterocycles. The summed E-state index contributed by atoms with van der Waals surface area (Å²) in [6.07, 6.45) is 3.28. The van der Waals surface area contributed by atoms with E-state index in [0.29, 0.717) is 31.1 Å². The van der Waals surface area contributed by atoms with Crippen LogP contribution in [-0.4, -0.2) is 63.1 Å². The highest BCUT2D eigenvalue weighted by molar-refractivity contribution is 5.95. The molecule has 0 radical (unpaired) electrons. The topological polar surface area (TPSA) is 126 Å². The second-order valence-corrected chi connectivity index (χ2v) is 8.60. The molecule has 2 rings (SSSR count). The molecule has 158 valence electrons. The second kappa shape index (κ2) is 8.79. The summed E-state index contributed by atoms with van der Waals surface area (Å²) in [6.45, 7) is 6.89. The lowest BCUT2D eigenvalue weighted by Gasteiger charge is -2.33. The van der Waals surface area contributed by atoms with Crippen LogP contribution in [0.15, 0.2) is 5.16 Å². The number of carboxylic acid groups (broad SMARTS) is 2. The fourth-order valence-electron chi connectivity index (χ4n) is 3.53. The molecule has 9 nitrogen and oxygen atoms in total. The van der Waals surface area contributed by atoms with E-state index in [0.717, 1.165) is 25.7 Å². The molecular formula is C19H30N2O7. The third kappa shape index (κ3) is 6.10. The van der Waals surface area contributed by atoms with Gasteiger partial charge in [-0.05, 0) is 58.8 Å². The number of hydrogen-bond donors (Lipinski definition) is 2. The molecule has 1 unspecified atom stereocenters. The van der Waals surface area contributed by atoms with E-state index in [1.807, 2.05) is 20.8 Å². The van der Waals surface area contributed by atoms with Crippen LogP contribution in [0.1, 0.15) is 65.7 Å². The van der Waals surface area contributed by atoms with Gasteiger partial charge in [0.1, 0.15) is 5.60 Å². The number of rotatable bonds is 7. The largest absolute Gasteiger partial charge is 0.481 e. The van der Waals surface area contributed by atoms with Crippen LogP contribution in [0.2, 0.25) is 0 Å². The fraction of sp³-hybridized carbons (Fsp3) is 0.789. The summed E-state index contributed by atoms with van der Waals surface area (Å²) < 4.78 is 5.39. The number of ether oxygens (including phenoxy) is 1. The zero-order chi connectivity index (χ0) is 20.9. The summed E-state index contributed by atoms with van der Waals surface area (Å²) in [4.78, 5) is 41.1. The van der Waals surface area contributed by atoms with Crippen molar-refractivity contribution in [1.29, 1.82) is 0 Å². The molecule has 1 amide bonds. The van der Waals surface area contributed by atoms with E-state index in [-0.39, 0.29) is 12.5 Å². The standard InChI is InChI=1S/C19H30N2O7/c1-18(2,3)27-17(26)21-9-7-13(8-10-21)5-4-6-14-11-19(16(24)25,28-20-14)12-15(22)23/h13H,4-12H2,1-3H3,(H,22,23)(H,24,25). The molecule has 2 aliphatic heterocycles. The Kier molecular flexibility index (Phi) is 6.90. The molecule has 2 aliphatic rings. The number of hydrogen-bond acceptors (Lipinski definition) is 6. The summed E-state index contributed by atoms with van der Waals surface area (Å²) in [7, 11) is 0. The number of carbonyl (C=O) groups is 3. The van der Waals surface area contributed by atoms with Crippen LogP contribution in [-0.2, 0) is 19.2 Å². The molecule has 0 spiro atoms. The highest BCUT2D eigenvalue weighted by Crippen LogP contribution is 2.31. The molecule has 28 heavy (non-hydrogen) atoms. The zero-order valence-corrected chi connectivity index (χ0v) is 16.8. The molecule has 1 fully saturated rings. The number of aliphatic carboxylic acids is 2. The van der Waals surface area contributed by atoms with Crippen LogP contribution in [0, 0.1) is 5.92 Å². The molecule has 0 aromatic rings. The Morgan fingerprint density at radius 3 is 2.43 bits per heavy atom. The van der Waals surface area contributed by atoms with E-state index in [9.17, 15) is 19.5 Å². The fourth-order valence-corrected chi connectivity index (χ4v) is 3.53. The number of likely N-dealkylation sites (tertiary alicyclic amines) is 1. The highest BCUT2D eigenvalue weighted by atomic mass is 16.7. The third-order valence-corrected chi connectivity index (χ3v) is 5.01. The summed E-state index contributed by atoms with van der Waals surface area (Å²) in [5, 5.41) is 22.0. The first-order valence-electron chi connectivity index (χ1n) is 9.68. The second-order valence-electron chi connectivity index (χ2n) is 8.60. The first-order valence-corrected chi connectivity index (χ1v) is 9.68. The molecule has 9 heteroatoms. The molecule has 2 heterocycles. The van der Waals surface area contributed by atoms with E-state index in [2.05, 4.69) is 5.16 Å². The molecule has 0 aromatic heterocycles. The van der Waals surface area contributed by atoms with Gasteiger partial charge >= 0.3 is 18.0 Å². The Morgan fingerprint density at radius 2 is 1.89 bits per heavy atom. The van der Waals surface area contributed by atoms with E-state index in [1.165, 1.54) is 0 Å². The number of nitrogens with zero attached hydrogens (tertiary/aromatic N) is 2. The smallest absolute Gasteiger partial charge is 0.410 e. The average Bonchev–Trinajstić information content (AvgIpc) is 2.97. The number of amides is 1. The minimum atomic E-state index is -1.78. The van der Waals surface area contributed by atoms with Crippen molar-refractivity contribution in [2.24, 2.45) is 11.1 Å². The number of oxime groups is 1. The predicted molar refractivity (Wildman–Crippen MR) is 100 cm³/mol. The maximum atomic E-state index is 12.1. The SMILES string of the molecule is CC(C)(C)OC(=O)N1CCC(CCCC2=NOC(CC(=O)O)(C(=O)O)C2)CC1. The maximum absolute atomic E-state index is 12.1. The first kappa shape index (κ1) is 22.0. The van der Waals surface area contributed by atoms with Crippen molar-refractivity contribution in [2.45, 2.75) is 76.9 Å². The van der Waals surface area contributed by atoms with Gasteiger partial charge in [-0.1, -0.05) is 5.16 Å². The Bertz CT molecular complexity index is 633. The lowest BCUT2D eigenvalue weighted by molar-refractivity contribution is -0.169. The van der Waals surface area contributed by atoms with Crippen molar-refractivity contribution in [3.05, 3.63) is 0 Å². The van der Waals surface area contributed by atoms with Crippen molar-refractivity contribution in [1.82, 2.24) is 4.90 Å². The van der Waals surface area contributed by atoms with Crippen molar-refractivity contribution >= 4 is 23.7 Å². The molecule has 0 bridgehead atoms. The van der Waals surface area contributed by atoms with Gasteiger partial charge in [-0.25, -0.2) is 9.59 Å².